The Labute approximate surface area is 117 Å². The highest BCUT2D eigenvalue weighted by atomic mass is 16.6. The molecule has 0 spiro atoms. The SMILES string of the molecule is C=CC(=O)OCCOC(=O)C1(C)CCCC=C1C(=O)O. The first-order valence-electron chi connectivity index (χ1n) is 6.32. The lowest BCUT2D eigenvalue weighted by atomic mass is 9.74. The summed E-state index contributed by atoms with van der Waals surface area (Å²) in [6.07, 6.45) is 4.37. The van der Waals surface area contributed by atoms with Gasteiger partial charge in [0, 0.05) is 6.08 Å². The first-order chi connectivity index (χ1) is 9.41. The summed E-state index contributed by atoms with van der Waals surface area (Å²) in [7, 11) is 0. The lowest BCUT2D eigenvalue weighted by Crippen LogP contribution is -2.37. The third kappa shape index (κ3) is 3.69. The largest absolute Gasteiger partial charge is 0.478 e. The Morgan fingerprint density at radius 2 is 2.05 bits per heavy atom. The Bertz CT molecular complexity index is 451. The van der Waals surface area contributed by atoms with Gasteiger partial charge in [0.05, 0.1) is 11.0 Å². The molecule has 0 bridgehead atoms. The molecule has 110 valence electrons. The van der Waals surface area contributed by atoms with Crippen molar-refractivity contribution in [3.63, 3.8) is 0 Å². The van der Waals surface area contributed by atoms with Crippen LogP contribution in [0.25, 0.3) is 0 Å². The van der Waals surface area contributed by atoms with Crippen molar-refractivity contribution < 1.29 is 29.0 Å². The van der Waals surface area contributed by atoms with Crippen molar-refractivity contribution in [2.75, 3.05) is 13.2 Å². The summed E-state index contributed by atoms with van der Waals surface area (Å²) in [6, 6.07) is 0. The van der Waals surface area contributed by atoms with Crippen molar-refractivity contribution in [2.45, 2.75) is 26.2 Å². The van der Waals surface area contributed by atoms with Gasteiger partial charge in [-0.1, -0.05) is 12.7 Å². The smallest absolute Gasteiger partial charge is 0.332 e. The van der Waals surface area contributed by atoms with E-state index < -0.39 is 23.3 Å². The van der Waals surface area contributed by atoms with Crippen molar-refractivity contribution in [3.05, 3.63) is 24.3 Å². The van der Waals surface area contributed by atoms with Gasteiger partial charge in [0.1, 0.15) is 13.2 Å². The van der Waals surface area contributed by atoms with Crippen molar-refractivity contribution in [1.29, 1.82) is 0 Å². The quantitative estimate of drug-likeness (QED) is 0.450. The molecule has 1 aliphatic rings. The van der Waals surface area contributed by atoms with Crippen LogP contribution in [0.4, 0.5) is 0 Å². The third-order valence-corrected chi connectivity index (χ3v) is 3.23. The highest BCUT2D eigenvalue weighted by Gasteiger charge is 2.43. The highest BCUT2D eigenvalue weighted by Crippen LogP contribution is 2.38. The minimum absolute atomic E-state index is 0.0665. The minimum atomic E-state index is -1.15. The Kier molecular flexibility index (Phi) is 5.49. The lowest BCUT2D eigenvalue weighted by molar-refractivity contribution is -0.159. The second-order valence-electron chi connectivity index (χ2n) is 4.65. The molecule has 0 heterocycles. The molecule has 6 nitrogen and oxygen atoms in total. The zero-order valence-corrected chi connectivity index (χ0v) is 11.4. The average molecular weight is 282 g/mol. The molecule has 0 radical (unpaired) electrons. The second kappa shape index (κ2) is 6.88. The molecule has 0 saturated carbocycles. The molecule has 0 aromatic rings. The van der Waals surface area contributed by atoms with E-state index in [1.165, 1.54) is 0 Å². The molecule has 0 saturated heterocycles. The van der Waals surface area contributed by atoms with E-state index in [9.17, 15) is 14.4 Å². The summed E-state index contributed by atoms with van der Waals surface area (Å²) in [5.41, 5.74) is -1.08. The number of rotatable bonds is 6. The summed E-state index contributed by atoms with van der Waals surface area (Å²) < 4.78 is 9.68. The van der Waals surface area contributed by atoms with Crippen LogP contribution in [-0.2, 0) is 23.9 Å². The summed E-state index contributed by atoms with van der Waals surface area (Å²) in [5.74, 6) is -2.32. The molecule has 0 aromatic carbocycles. The van der Waals surface area contributed by atoms with Crippen LogP contribution >= 0.6 is 0 Å². The number of hydrogen-bond acceptors (Lipinski definition) is 5. The van der Waals surface area contributed by atoms with Crippen LogP contribution in [0, 0.1) is 5.41 Å². The summed E-state index contributed by atoms with van der Waals surface area (Å²) in [5, 5.41) is 9.14. The minimum Gasteiger partial charge on any atom is -0.478 e. The molecule has 0 amide bonds. The van der Waals surface area contributed by atoms with Crippen molar-refractivity contribution in [3.8, 4) is 0 Å². The molecule has 1 atom stereocenters. The fraction of sp³-hybridized carbons (Fsp3) is 0.500. The van der Waals surface area contributed by atoms with E-state index in [2.05, 4.69) is 11.3 Å². The molecule has 1 rings (SSSR count). The topological polar surface area (TPSA) is 89.9 Å². The molecule has 0 aromatic heterocycles. The van der Waals surface area contributed by atoms with Crippen LogP contribution in [0.5, 0.6) is 0 Å². The van der Waals surface area contributed by atoms with Crippen molar-refractivity contribution >= 4 is 17.9 Å². The molecule has 1 N–H and O–H groups in total. The molecule has 1 aliphatic carbocycles. The summed E-state index contributed by atoms with van der Waals surface area (Å²) >= 11 is 0. The van der Waals surface area contributed by atoms with E-state index in [1.54, 1.807) is 13.0 Å². The lowest BCUT2D eigenvalue weighted by Gasteiger charge is -2.30. The third-order valence-electron chi connectivity index (χ3n) is 3.23. The Morgan fingerprint density at radius 3 is 2.65 bits per heavy atom. The molecule has 0 fully saturated rings. The van der Waals surface area contributed by atoms with Crippen LogP contribution in [0.15, 0.2) is 24.3 Å². The zero-order chi connectivity index (χ0) is 15.2. The molecule has 1 unspecified atom stereocenters. The maximum Gasteiger partial charge on any atom is 0.332 e. The Balaban J connectivity index is 2.58. The van der Waals surface area contributed by atoms with Crippen LogP contribution in [-0.4, -0.2) is 36.2 Å². The second-order valence-corrected chi connectivity index (χ2v) is 4.65. The van der Waals surface area contributed by atoms with E-state index in [0.717, 1.165) is 12.5 Å². The molecule has 6 heteroatoms. The average Bonchev–Trinajstić information content (AvgIpc) is 2.43. The fourth-order valence-electron chi connectivity index (χ4n) is 2.09. The summed E-state index contributed by atoms with van der Waals surface area (Å²) in [6.45, 7) is 4.60. The maximum atomic E-state index is 12.1. The van der Waals surface area contributed by atoms with E-state index in [0.29, 0.717) is 12.8 Å². The van der Waals surface area contributed by atoms with E-state index >= 15 is 0 Å². The predicted octanol–water partition coefficient (Wildman–Crippen LogP) is 1.46. The van der Waals surface area contributed by atoms with Crippen LogP contribution in [0.1, 0.15) is 26.2 Å². The van der Waals surface area contributed by atoms with Gasteiger partial charge >= 0.3 is 17.9 Å². The monoisotopic (exact) mass is 282 g/mol. The fourth-order valence-corrected chi connectivity index (χ4v) is 2.09. The first kappa shape index (κ1) is 15.9. The van der Waals surface area contributed by atoms with Gasteiger partial charge in [-0.05, 0) is 26.2 Å². The van der Waals surface area contributed by atoms with Gasteiger partial charge in [0.25, 0.3) is 0 Å². The van der Waals surface area contributed by atoms with Crippen LogP contribution in [0.3, 0.4) is 0 Å². The van der Waals surface area contributed by atoms with E-state index in [4.69, 9.17) is 9.84 Å². The van der Waals surface area contributed by atoms with Crippen LogP contribution < -0.4 is 0 Å². The van der Waals surface area contributed by atoms with Gasteiger partial charge in [0.15, 0.2) is 0 Å². The van der Waals surface area contributed by atoms with Crippen molar-refractivity contribution in [1.82, 2.24) is 0 Å². The van der Waals surface area contributed by atoms with Gasteiger partial charge in [-0.3, -0.25) is 4.79 Å². The molecule has 0 aliphatic heterocycles. The molecular formula is C14H18O6. The Hall–Kier alpha value is -2.11. The van der Waals surface area contributed by atoms with Gasteiger partial charge in [-0.2, -0.15) is 0 Å². The normalized spacial score (nSPS) is 21.6. The van der Waals surface area contributed by atoms with Crippen molar-refractivity contribution in [2.24, 2.45) is 5.41 Å². The van der Waals surface area contributed by atoms with Crippen LogP contribution in [0.2, 0.25) is 0 Å². The van der Waals surface area contributed by atoms with E-state index in [1.807, 2.05) is 0 Å². The predicted molar refractivity (Wildman–Crippen MR) is 69.8 cm³/mol. The highest BCUT2D eigenvalue weighted by molar-refractivity contribution is 5.97. The maximum absolute atomic E-state index is 12.1. The number of carboxylic acids is 1. The summed E-state index contributed by atoms with van der Waals surface area (Å²) in [4.78, 5) is 34.0. The first-order valence-corrected chi connectivity index (χ1v) is 6.32. The number of ether oxygens (including phenoxy) is 2. The number of carboxylic acid groups (broad SMARTS) is 1. The number of aliphatic carboxylic acids is 1. The number of esters is 2. The number of carbonyl (C=O) groups excluding carboxylic acids is 2. The zero-order valence-electron chi connectivity index (χ0n) is 11.4. The van der Waals surface area contributed by atoms with Gasteiger partial charge in [-0.25, -0.2) is 9.59 Å². The number of carbonyl (C=O) groups is 3. The Morgan fingerprint density at radius 1 is 1.40 bits per heavy atom. The molecular weight excluding hydrogens is 264 g/mol. The van der Waals surface area contributed by atoms with E-state index in [-0.39, 0.29) is 18.8 Å². The standard InChI is InChI=1S/C14H18O6/c1-3-11(15)19-8-9-20-13(18)14(2)7-5-4-6-10(14)12(16)17/h3,6H,1,4-5,7-9H2,2H3,(H,16,17). The van der Waals surface area contributed by atoms with Gasteiger partial charge in [-0.15, -0.1) is 0 Å². The number of allylic oxidation sites excluding steroid dienone is 1. The number of hydrogen-bond donors (Lipinski definition) is 1. The van der Waals surface area contributed by atoms with Gasteiger partial charge < -0.3 is 14.6 Å². The molecule has 20 heavy (non-hydrogen) atoms. The van der Waals surface area contributed by atoms with Gasteiger partial charge in [0.2, 0.25) is 0 Å².